The number of thiazole rings is 1. The monoisotopic (exact) mass is 277 g/mol. The number of carbonyl (C=O) groups is 1. The van der Waals surface area contributed by atoms with Crippen LogP contribution in [0.2, 0.25) is 0 Å². The molecule has 0 aliphatic carbocycles. The number of aryl methyl sites for hydroxylation is 1. The number of nitrogens with one attached hydrogen (secondary N) is 1. The molecule has 0 aliphatic rings. The molecule has 0 saturated heterocycles. The van der Waals surface area contributed by atoms with E-state index in [-0.39, 0.29) is 4.88 Å². The maximum Gasteiger partial charge on any atom is 0.183 e. The van der Waals surface area contributed by atoms with Crippen molar-refractivity contribution < 1.29 is 14.6 Å². The Hall–Kier alpha value is -2.08. The topological polar surface area (TPSA) is 74.3 Å². The normalized spacial score (nSPS) is 10.2. The Kier molecular flexibility index (Phi) is 4.35. The van der Waals surface area contributed by atoms with Gasteiger partial charge in [-0.3, -0.25) is 0 Å². The highest BCUT2D eigenvalue weighted by Crippen LogP contribution is 2.21. The molecule has 1 aromatic carbocycles. The van der Waals surface area contributed by atoms with Crippen LogP contribution in [-0.2, 0) is 0 Å². The first kappa shape index (κ1) is 13.4. The zero-order valence-electron chi connectivity index (χ0n) is 10.4. The van der Waals surface area contributed by atoms with Crippen LogP contribution in [-0.4, -0.2) is 24.1 Å². The lowest BCUT2D eigenvalue weighted by Gasteiger charge is -2.06. The molecule has 5 nitrogen and oxygen atoms in total. The third-order valence-electron chi connectivity index (χ3n) is 2.37. The average Bonchev–Trinajstić information content (AvgIpc) is 2.77. The molecule has 0 fully saturated rings. The molecule has 1 heterocycles. The van der Waals surface area contributed by atoms with Crippen molar-refractivity contribution in [3.05, 3.63) is 40.9 Å². The smallest absolute Gasteiger partial charge is 0.183 e. The van der Waals surface area contributed by atoms with Crippen molar-refractivity contribution in [2.45, 2.75) is 6.92 Å². The highest BCUT2D eigenvalue weighted by Gasteiger charge is 2.07. The number of para-hydroxylation sites is 1. The highest BCUT2D eigenvalue weighted by molar-refractivity contribution is 7.17. The van der Waals surface area contributed by atoms with Crippen LogP contribution in [0.3, 0.4) is 0 Å². The second-order valence-electron chi connectivity index (χ2n) is 3.81. The number of nitrogens with zero attached hydrogens (tertiary/aromatic N) is 1. The Labute approximate surface area is 114 Å². The van der Waals surface area contributed by atoms with Crippen molar-refractivity contribution in [2.75, 3.05) is 18.5 Å². The van der Waals surface area contributed by atoms with Crippen molar-refractivity contribution in [2.24, 2.45) is 0 Å². The number of aromatic carboxylic acids is 1. The van der Waals surface area contributed by atoms with Gasteiger partial charge in [-0.25, -0.2) is 4.98 Å². The molecule has 0 atom stereocenters. The largest absolute Gasteiger partial charge is 0.544 e. The third-order valence-corrected chi connectivity index (χ3v) is 3.47. The van der Waals surface area contributed by atoms with Gasteiger partial charge >= 0.3 is 0 Å². The lowest BCUT2D eigenvalue weighted by atomic mass is 10.3. The van der Waals surface area contributed by atoms with E-state index < -0.39 is 5.97 Å². The van der Waals surface area contributed by atoms with Crippen molar-refractivity contribution in [3.63, 3.8) is 0 Å². The second-order valence-corrected chi connectivity index (χ2v) is 4.81. The first-order chi connectivity index (χ1) is 9.16. The summed E-state index contributed by atoms with van der Waals surface area (Å²) in [7, 11) is 0. The Bertz CT molecular complexity index is 554. The summed E-state index contributed by atoms with van der Waals surface area (Å²) in [5.74, 6) is -0.390. The summed E-state index contributed by atoms with van der Waals surface area (Å²) in [6, 6.07) is 9.48. The molecule has 0 amide bonds. The summed E-state index contributed by atoms with van der Waals surface area (Å²) in [6.45, 7) is 2.67. The second kappa shape index (κ2) is 6.19. The van der Waals surface area contributed by atoms with Crippen molar-refractivity contribution in [3.8, 4) is 5.75 Å². The van der Waals surface area contributed by atoms with E-state index in [9.17, 15) is 9.90 Å². The zero-order chi connectivity index (χ0) is 13.7. The van der Waals surface area contributed by atoms with Gasteiger partial charge < -0.3 is 20.0 Å². The minimum absolute atomic E-state index is 0.159. The fourth-order valence-corrected chi connectivity index (χ4v) is 2.33. The molecular formula is C13H13N2O3S-. The number of aromatic nitrogens is 1. The van der Waals surface area contributed by atoms with Gasteiger partial charge in [-0.15, -0.1) is 0 Å². The van der Waals surface area contributed by atoms with Crippen LogP contribution >= 0.6 is 11.3 Å². The van der Waals surface area contributed by atoms with E-state index in [1.54, 1.807) is 6.92 Å². The third kappa shape index (κ3) is 3.69. The highest BCUT2D eigenvalue weighted by atomic mass is 32.1. The molecule has 0 aliphatic heterocycles. The van der Waals surface area contributed by atoms with Crippen molar-refractivity contribution >= 4 is 22.4 Å². The van der Waals surface area contributed by atoms with Gasteiger partial charge in [0.05, 0.1) is 23.1 Å². The van der Waals surface area contributed by atoms with Crippen molar-refractivity contribution in [1.29, 1.82) is 0 Å². The van der Waals surface area contributed by atoms with Gasteiger partial charge in [0.15, 0.2) is 5.13 Å². The van der Waals surface area contributed by atoms with Crippen LogP contribution in [0.4, 0.5) is 5.13 Å². The number of hydrogen-bond donors (Lipinski definition) is 1. The van der Waals surface area contributed by atoms with Gasteiger partial charge in [0, 0.05) is 0 Å². The van der Waals surface area contributed by atoms with Crippen LogP contribution in [0.5, 0.6) is 5.75 Å². The Balaban J connectivity index is 1.80. The van der Waals surface area contributed by atoms with Crippen LogP contribution in [0.15, 0.2) is 30.3 Å². The number of rotatable bonds is 6. The summed E-state index contributed by atoms with van der Waals surface area (Å²) < 4.78 is 5.50. The molecule has 0 saturated carbocycles. The fraction of sp³-hybridized carbons (Fsp3) is 0.231. The van der Waals surface area contributed by atoms with E-state index in [0.717, 1.165) is 17.1 Å². The summed E-state index contributed by atoms with van der Waals surface area (Å²) >= 11 is 1.07. The average molecular weight is 277 g/mol. The van der Waals surface area contributed by atoms with Crippen molar-refractivity contribution in [1.82, 2.24) is 4.98 Å². The number of anilines is 1. The molecule has 100 valence electrons. The van der Waals surface area contributed by atoms with Gasteiger partial charge in [0.25, 0.3) is 0 Å². The molecule has 0 spiro atoms. The van der Waals surface area contributed by atoms with Gasteiger partial charge in [-0.05, 0) is 19.1 Å². The molecule has 0 radical (unpaired) electrons. The van der Waals surface area contributed by atoms with E-state index in [2.05, 4.69) is 10.3 Å². The summed E-state index contributed by atoms with van der Waals surface area (Å²) in [5.41, 5.74) is 0.469. The molecule has 2 rings (SSSR count). The fourth-order valence-electron chi connectivity index (χ4n) is 1.50. The van der Waals surface area contributed by atoms with Crippen LogP contribution < -0.4 is 15.2 Å². The molecule has 1 N–H and O–H groups in total. The maximum absolute atomic E-state index is 10.8. The quantitative estimate of drug-likeness (QED) is 0.806. The van der Waals surface area contributed by atoms with E-state index >= 15 is 0 Å². The molecular weight excluding hydrogens is 264 g/mol. The lowest BCUT2D eigenvalue weighted by molar-refractivity contribution is -0.254. The Morgan fingerprint density at radius 2 is 2.16 bits per heavy atom. The Morgan fingerprint density at radius 1 is 1.42 bits per heavy atom. The lowest BCUT2D eigenvalue weighted by Crippen LogP contribution is -2.21. The number of ether oxygens (including phenoxy) is 1. The molecule has 6 heteroatoms. The molecule has 1 aromatic heterocycles. The van der Waals surface area contributed by atoms with Gasteiger partial charge in [-0.1, -0.05) is 29.5 Å². The first-order valence-electron chi connectivity index (χ1n) is 5.77. The van der Waals surface area contributed by atoms with E-state index in [1.807, 2.05) is 30.3 Å². The van der Waals surface area contributed by atoms with Crippen LogP contribution in [0.25, 0.3) is 0 Å². The van der Waals surface area contributed by atoms with Gasteiger partial charge in [-0.2, -0.15) is 0 Å². The number of hydrogen-bond acceptors (Lipinski definition) is 6. The number of benzene rings is 1. The minimum atomic E-state index is -1.19. The van der Waals surface area contributed by atoms with E-state index in [1.165, 1.54) is 0 Å². The van der Waals surface area contributed by atoms with Crippen LogP contribution in [0.1, 0.15) is 15.4 Å². The number of carboxylic acid groups (broad SMARTS) is 1. The predicted molar refractivity (Wildman–Crippen MR) is 71.6 cm³/mol. The zero-order valence-corrected chi connectivity index (χ0v) is 11.2. The number of carbonyl (C=O) groups excluding carboxylic acids is 1. The van der Waals surface area contributed by atoms with Crippen LogP contribution in [0, 0.1) is 6.92 Å². The Morgan fingerprint density at radius 3 is 2.79 bits per heavy atom. The summed E-state index contributed by atoms with van der Waals surface area (Å²) in [4.78, 5) is 15.0. The maximum atomic E-state index is 10.8. The van der Waals surface area contributed by atoms with E-state index in [4.69, 9.17) is 4.74 Å². The standard InChI is InChI=1S/C13H14N2O3S/c1-9-11(12(16)17)19-13(15-9)14-7-8-18-10-5-3-2-4-6-10/h2-6H,7-8H2,1H3,(H,14,15)(H,16,17)/p-1. The van der Waals surface area contributed by atoms with Gasteiger partial charge in [0.1, 0.15) is 12.4 Å². The minimum Gasteiger partial charge on any atom is -0.544 e. The number of carboxylic acids is 1. The summed E-state index contributed by atoms with van der Waals surface area (Å²) in [6.07, 6.45) is 0. The molecule has 19 heavy (non-hydrogen) atoms. The predicted octanol–water partition coefficient (Wildman–Crippen LogP) is 1.31. The SMILES string of the molecule is Cc1nc(NCCOc2ccccc2)sc1C(=O)[O-]. The summed E-state index contributed by atoms with van der Waals surface area (Å²) in [5, 5.41) is 14.3. The molecule has 0 unspecified atom stereocenters. The van der Waals surface area contributed by atoms with E-state index in [0.29, 0.717) is 24.0 Å². The molecule has 2 aromatic rings. The first-order valence-corrected chi connectivity index (χ1v) is 6.59. The molecule has 0 bridgehead atoms. The van der Waals surface area contributed by atoms with Gasteiger partial charge in [0.2, 0.25) is 0 Å².